The molecule has 1 saturated heterocycles. The summed E-state index contributed by atoms with van der Waals surface area (Å²) in [6.07, 6.45) is 5.02. The zero-order chi connectivity index (χ0) is 9.68. The highest BCUT2D eigenvalue weighted by Crippen LogP contribution is 2.20. The Morgan fingerprint density at radius 2 is 2.08 bits per heavy atom. The van der Waals surface area contributed by atoms with E-state index in [1.54, 1.807) is 0 Å². The Kier molecular flexibility index (Phi) is 4.43. The number of nitrogens with zero attached hydrogens (tertiary/aromatic N) is 1. The Hall–Kier alpha value is -0.370. The van der Waals surface area contributed by atoms with Crippen LogP contribution in [0.4, 0.5) is 0 Å². The van der Waals surface area contributed by atoms with Crippen LogP contribution < -0.4 is 0 Å². The average molecular weight is 183 g/mol. The normalized spacial score (nSPS) is 22.9. The standard InChI is InChI=1S/C11H21NO/c1-3-11-4-6-12(7-5-11)8-10(2)9-13/h9-11H,3-8H2,1-2H3. The molecule has 0 aromatic carbocycles. The van der Waals surface area contributed by atoms with Crippen molar-refractivity contribution in [2.75, 3.05) is 19.6 Å². The molecule has 1 heterocycles. The van der Waals surface area contributed by atoms with E-state index in [0.717, 1.165) is 18.7 Å². The largest absolute Gasteiger partial charge is 0.303 e. The van der Waals surface area contributed by atoms with Crippen molar-refractivity contribution in [3.8, 4) is 0 Å². The van der Waals surface area contributed by atoms with Crippen LogP contribution in [0.5, 0.6) is 0 Å². The number of hydrogen-bond acceptors (Lipinski definition) is 2. The summed E-state index contributed by atoms with van der Waals surface area (Å²) in [4.78, 5) is 12.9. The van der Waals surface area contributed by atoms with Crippen LogP contribution in [0.1, 0.15) is 33.1 Å². The first-order chi connectivity index (χ1) is 6.26. The molecule has 2 nitrogen and oxygen atoms in total. The predicted octanol–water partition coefficient (Wildman–Crippen LogP) is 1.94. The lowest BCUT2D eigenvalue weighted by Gasteiger charge is -2.32. The molecule has 1 rings (SSSR count). The van der Waals surface area contributed by atoms with E-state index in [9.17, 15) is 4.79 Å². The number of piperidine rings is 1. The molecule has 0 bridgehead atoms. The summed E-state index contributed by atoms with van der Waals surface area (Å²) in [5, 5.41) is 0. The maximum absolute atomic E-state index is 10.5. The van der Waals surface area contributed by atoms with Crippen molar-refractivity contribution in [3.05, 3.63) is 0 Å². The molecule has 2 heteroatoms. The minimum atomic E-state index is 0.207. The summed E-state index contributed by atoms with van der Waals surface area (Å²) >= 11 is 0. The number of carbonyl (C=O) groups is 1. The van der Waals surface area contributed by atoms with Crippen molar-refractivity contribution in [1.29, 1.82) is 0 Å². The molecule has 1 aliphatic rings. The van der Waals surface area contributed by atoms with Crippen LogP contribution in [-0.4, -0.2) is 30.8 Å². The molecule has 13 heavy (non-hydrogen) atoms. The van der Waals surface area contributed by atoms with E-state index in [1.165, 1.54) is 32.4 Å². The van der Waals surface area contributed by atoms with E-state index in [1.807, 2.05) is 6.92 Å². The van der Waals surface area contributed by atoms with Crippen molar-refractivity contribution < 1.29 is 4.79 Å². The Morgan fingerprint density at radius 3 is 2.54 bits per heavy atom. The lowest BCUT2D eigenvalue weighted by atomic mass is 9.94. The SMILES string of the molecule is CCC1CCN(CC(C)C=O)CC1. The van der Waals surface area contributed by atoms with Crippen molar-refractivity contribution in [2.45, 2.75) is 33.1 Å². The summed E-state index contributed by atoms with van der Waals surface area (Å²) in [5.74, 6) is 1.14. The van der Waals surface area contributed by atoms with Gasteiger partial charge >= 0.3 is 0 Å². The van der Waals surface area contributed by atoms with Crippen LogP contribution in [0.25, 0.3) is 0 Å². The van der Waals surface area contributed by atoms with E-state index in [4.69, 9.17) is 0 Å². The minimum Gasteiger partial charge on any atom is -0.303 e. The van der Waals surface area contributed by atoms with Crippen LogP contribution in [0.2, 0.25) is 0 Å². The van der Waals surface area contributed by atoms with Gasteiger partial charge in [0.2, 0.25) is 0 Å². The molecule has 0 radical (unpaired) electrons. The van der Waals surface area contributed by atoms with Crippen LogP contribution in [-0.2, 0) is 4.79 Å². The third-order valence-corrected chi connectivity index (χ3v) is 3.06. The second-order valence-corrected chi connectivity index (χ2v) is 4.27. The molecular formula is C11H21NO. The van der Waals surface area contributed by atoms with E-state index in [-0.39, 0.29) is 5.92 Å². The second kappa shape index (κ2) is 5.38. The number of likely N-dealkylation sites (tertiary alicyclic amines) is 1. The Labute approximate surface area is 81.3 Å². The van der Waals surface area contributed by atoms with Crippen LogP contribution in [0.15, 0.2) is 0 Å². The van der Waals surface area contributed by atoms with Crippen molar-refractivity contribution in [1.82, 2.24) is 4.90 Å². The first kappa shape index (κ1) is 10.7. The number of rotatable bonds is 4. The molecule has 76 valence electrons. The van der Waals surface area contributed by atoms with Crippen molar-refractivity contribution in [3.63, 3.8) is 0 Å². The Balaban J connectivity index is 2.21. The molecule has 0 aromatic heterocycles. The molecule has 1 unspecified atom stereocenters. The third kappa shape index (κ3) is 3.47. The van der Waals surface area contributed by atoms with E-state index >= 15 is 0 Å². The lowest BCUT2D eigenvalue weighted by molar-refractivity contribution is -0.111. The summed E-state index contributed by atoms with van der Waals surface area (Å²) < 4.78 is 0. The number of aldehydes is 1. The Morgan fingerprint density at radius 1 is 1.46 bits per heavy atom. The van der Waals surface area contributed by atoms with Crippen molar-refractivity contribution >= 4 is 6.29 Å². The fraction of sp³-hybridized carbons (Fsp3) is 0.909. The highest BCUT2D eigenvalue weighted by Gasteiger charge is 2.18. The van der Waals surface area contributed by atoms with Crippen LogP contribution in [0, 0.1) is 11.8 Å². The van der Waals surface area contributed by atoms with Gasteiger partial charge in [0.05, 0.1) is 0 Å². The third-order valence-electron chi connectivity index (χ3n) is 3.06. The van der Waals surface area contributed by atoms with Gasteiger partial charge < -0.3 is 9.69 Å². The van der Waals surface area contributed by atoms with E-state index < -0.39 is 0 Å². The molecule has 0 spiro atoms. The van der Waals surface area contributed by atoms with E-state index in [0.29, 0.717) is 0 Å². The molecule has 0 amide bonds. The van der Waals surface area contributed by atoms with Gasteiger partial charge in [-0.1, -0.05) is 20.3 Å². The van der Waals surface area contributed by atoms with Crippen LogP contribution in [0.3, 0.4) is 0 Å². The fourth-order valence-corrected chi connectivity index (χ4v) is 2.03. The molecule has 0 aromatic rings. The van der Waals surface area contributed by atoms with Gasteiger partial charge in [0.15, 0.2) is 0 Å². The molecule has 0 N–H and O–H groups in total. The van der Waals surface area contributed by atoms with Gasteiger partial charge in [-0.25, -0.2) is 0 Å². The maximum Gasteiger partial charge on any atom is 0.124 e. The summed E-state index contributed by atoms with van der Waals surface area (Å²) in [5.41, 5.74) is 0. The van der Waals surface area contributed by atoms with Gasteiger partial charge in [-0.3, -0.25) is 0 Å². The predicted molar refractivity (Wildman–Crippen MR) is 54.7 cm³/mol. The maximum atomic E-state index is 10.5. The number of hydrogen-bond donors (Lipinski definition) is 0. The summed E-state index contributed by atoms with van der Waals surface area (Å²) in [7, 11) is 0. The zero-order valence-electron chi connectivity index (χ0n) is 8.83. The highest BCUT2D eigenvalue weighted by atomic mass is 16.1. The van der Waals surface area contributed by atoms with E-state index in [2.05, 4.69) is 11.8 Å². The monoisotopic (exact) mass is 183 g/mol. The molecular weight excluding hydrogens is 162 g/mol. The Bertz CT molecular complexity index is 150. The van der Waals surface area contributed by atoms with Gasteiger partial charge in [-0.15, -0.1) is 0 Å². The van der Waals surface area contributed by atoms with Gasteiger partial charge in [-0.2, -0.15) is 0 Å². The molecule has 1 atom stereocenters. The highest BCUT2D eigenvalue weighted by molar-refractivity contribution is 5.52. The quantitative estimate of drug-likeness (QED) is 0.621. The molecule has 0 saturated carbocycles. The molecule has 1 fully saturated rings. The average Bonchev–Trinajstić information content (AvgIpc) is 2.19. The summed E-state index contributed by atoms with van der Waals surface area (Å²) in [6.45, 7) is 7.61. The smallest absolute Gasteiger partial charge is 0.124 e. The first-order valence-electron chi connectivity index (χ1n) is 5.44. The minimum absolute atomic E-state index is 0.207. The van der Waals surface area contributed by atoms with Gasteiger partial charge in [0.25, 0.3) is 0 Å². The van der Waals surface area contributed by atoms with Crippen molar-refractivity contribution in [2.24, 2.45) is 11.8 Å². The lowest BCUT2D eigenvalue weighted by Crippen LogP contribution is -2.36. The van der Waals surface area contributed by atoms with Gasteiger partial charge in [-0.05, 0) is 31.8 Å². The fourth-order valence-electron chi connectivity index (χ4n) is 2.03. The number of carbonyl (C=O) groups excluding carboxylic acids is 1. The zero-order valence-corrected chi connectivity index (χ0v) is 8.83. The van der Waals surface area contributed by atoms with Gasteiger partial charge in [0.1, 0.15) is 6.29 Å². The molecule has 0 aliphatic carbocycles. The topological polar surface area (TPSA) is 20.3 Å². The second-order valence-electron chi connectivity index (χ2n) is 4.27. The first-order valence-corrected chi connectivity index (χ1v) is 5.44. The van der Waals surface area contributed by atoms with Crippen LogP contribution >= 0.6 is 0 Å². The van der Waals surface area contributed by atoms with Gasteiger partial charge in [0, 0.05) is 12.5 Å². The summed E-state index contributed by atoms with van der Waals surface area (Å²) in [6, 6.07) is 0. The molecule has 1 aliphatic heterocycles.